The summed E-state index contributed by atoms with van der Waals surface area (Å²) >= 11 is 3.41. The Morgan fingerprint density at radius 3 is 2.44 bits per heavy atom. The van der Waals surface area contributed by atoms with Crippen LogP contribution in [0.15, 0.2) is 57.7 Å². The van der Waals surface area contributed by atoms with Gasteiger partial charge in [-0.3, -0.25) is 4.98 Å². The number of alkyl halides is 3. The fourth-order valence-electron chi connectivity index (χ4n) is 1.56. The molecule has 10 heteroatoms. The molecule has 0 bridgehead atoms. The molecule has 3 aromatic rings. The second-order valence-corrected chi connectivity index (χ2v) is 5.37. The van der Waals surface area contributed by atoms with E-state index in [1.807, 2.05) is 42.5 Å². The first-order valence-electron chi connectivity index (χ1n) is 6.58. The highest BCUT2D eigenvalue weighted by Crippen LogP contribution is 2.23. The molecule has 0 fully saturated rings. The molecule has 25 heavy (non-hydrogen) atoms. The van der Waals surface area contributed by atoms with Gasteiger partial charge in [0.05, 0.1) is 0 Å². The van der Waals surface area contributed by atoms with Crippen LogP contribution in [0.25, 0.3) is 23.0 Å². The van der Waals surface area contributed by atoms with Crippen LogP contribution >= 0.6 is 15.9 Å². The van der Waals surface area contributed by atoms with Crippen molar-refractivity contribution in [1.29, 1.82) is 0 Å². The van der Waals surface area contributed by atoms with Crippen molar-refractivity contribution in [3.8, 4) is 23.0 Å². The van der Waals surface area contributed by atoms with E-state index in [0.29, 0.717) is 17.4 Å². The van der Waals surface area contributed by atoms with Gasteiger partial charge in [-0.2, -0.15) is 18.2 Å². The lowest BCUT2D eigenvalue weighted by Crippen LogP contribution is -2.21. The summed E-state index contributed by atoms with van der Waals surface area (Å²) in [4.78, 5) is 17.4. The predicted molar refractivity (Wildman–Crippen MR) is 84.4 cm³/mol. The summed E-state index contributed by atoms with van der Waals surface area (Å²) in [5.74, 6) is -1.78. The van der Waals surface area contributed by atoms with Crippen LogP contribution in [0.3, 0.4) is 0 Å². The second-order valence-electron chi connectivity index (χ2n) is 4.45. The van der Waals surface area contributed by atoms with E-state index >= 15 is 0 Å². The van der Waals surface area contributed by atoms with Crippen LogP contribution in [-0.2, 0) is 4.79 Å². The van der Waals surface area contributed by atoms with Gasteiger partial charge >= 0.3 is 12.1 Å². The second kappa shape index (κ2) is 7.88. The smallest absolute Gasteiger partial charge is 0.475 e. The zero-order valence-electron chi connectivity index (χ0n) is 12.2. The first-order chi connectivity index (χ1) is 11.8. The summed E-state index contributed by atoms with van der Waals surface area (Å²) in [5, 5.41) is 11.1. The summed E-state index contributed by atoms with van der Waals surface area (Å²) in [5.41, 5.74) is 1.57. The van der Waals surface area contributed by atoms with Gasteiger partial charge < -0.3 is 9.63 Å². The molecule has 0 radical (unpaired) electrons. The minimum absolute atomic E-state index is 0.483. The van der Waals surface area contributed by atoms with E-state index in [-0.39, 0.29) is 0 Å². The SMILES string of the molecule is Brc1cccc(-c2nc(-c3ccccn3)no2)c1.O=C(O)C(F)(F)F. The highest BCUT2D eigenvalue weighted by molar-refractivity contribution is 9.10. The topological polar surface area (TPSA) is 89.1 Å². The van der Waals surface area contributed by atoms with Crippen molar-refractivity contribution in [2.24, 2.45) is 0 Å². The number of halogens is 4. The Hall–Kier alpha value is -2.75. The maximum atomic E-state index is 10.6. The Bertz CT molecular complexity index is 854. The van der Waals surface area contributed by atoms with Crippen molar-refractivity contribution in [3.63, 3.8) is 0 Å². The molecule has 2 heterocycles. The first kappa shape index (κ1) is 18.6. The Kier molecular flexibility index (Phi) is 5.86. The van der Waals surface area contributed by atoms with Crippen LogP contribution in [-0.4, -0.2) is 32.4 Å². The number of carbonyl (C=O) groups is 1. The van der Waals surface area contributed by atoms with Gasteiger partial charge in [0.2, 0.25) is 5.82 Å². The van der Waals surface area contributed by atoms with E-state index < -0.39 is 12.1 Å². The molecule has 0 saturated carbocycles. The van der Waals surface area contributed by atoms with Gasteiger partial charge in [0.1, 0.15) is 5.69 Å². The zero-order valence-corrected chi connectivity index (χ0v) is 13.8. The van der Waals surface area contributed by atoms with Crippen molar-refractivity contribution in [2.75, 3.05) is 0 Å². The molecule has 130 valence electrons. The summed E-state index contributed by atoms with van der Waals surface area (Å²) in [6, 6.07) is 13.3. The zero-order chi connectivity index (χ0) is 18.4. The molecule has 3 rings (SSSR count). The van der Waals surface area contributed by atoms with Crippen LogP contribution in [0.2, 0.25) is 0 Å². The number of carboxylic acid groups (broad SMARTS) is 1. The van der Waals surface area contributed by atoms with Gasteiger partial charge in [-0.25, -0.2) is 4.79 Å². The fourth-order valence-corrected chi connectivity index (χ4v) is 1.96. The first-order valence-corrected chi connectivity index (χ1v) is 7.38. The van der Waals surface area contributed by atoms with Crippen LogP contribution in [0.5, 0.6) is 0 Å². The Balaban J connectivity index is 0.000000277. The molecule has 0 aliphatic carbocycles. The summed E-state index contributed by atoms with van der Waals surface area (Å²) < 4.78 is 37.9. The molecule has 1 aromatic carbocycles. The number of benzene rings is 1. The summed E-state index contributed by atoms with van der Waals surface area (Å²) in [7, 11) is 0. The average Bonchev–Trinajstić information content (AvgIpc) is 3.05. The van der Waals surface area contributed by atoms with E-state index in [2.05, 4.69) is 31.1 Å². The minimum atomic E-state index is -5.08. The molecule has 0 aliphatic heterocycles. The maximum absolute atomic E-state index is 10.6. The molecule has 0 spiro atoms. The monoisotopic (exact) mass is 415 g/mol. The maximum Gasteiger partial charge on any atom is 0.490 e. The molecule has 2 aromatic heterocycles. The van der Waals surface area contributed by atoms with Crippen LogP contribution < -0.4 is 0 Å². The third kappa shape index (κ3) is 5.38. The van der Waals surface area contributed by atoms with E-state index in [4.69, 9.17) is 14.4 Å². The lowest BCUT2D eigenvalue weighted by Gasteiger charge is -1.94. The molecule has 0 aliphatic rings. The average molecular weight is 416 g/mol. The van der Waals surface area contributed by atoms with Gasteiger partial charge in [0.15, 0.2) is 0 Å². The largest absolute Gasteiger partial charge is 0.490 e. The van der Waals surface area contributed by atoms with Gasteiger partial charge in [-0.15, -0.1) is 0 Å². The lowest BCUT2D eigenvalue weighted by atomic mass is 10.2. The van der Waals surface area contributed by atoms with Crippen molar-refractivity contribution in [2.45, 2.75) is 6.18 Å². The Labute approximate surface area is 147 Å². The number of pyridine rings is 1. The highest BCUT2D eigenvalue weighted by atomic mass is 79.9. The van der Waals surface area contributed by atoms with Gasteiger partial charge in [0, 0.05) is 16.2 Å². The number of hydrogen-bond acceptors (Lipinski definition) is 5. The molecular weight excluding hydrogens is 407 g/mol. The molecular formula is C15H9BrF3N3O3. The van der Waals surface area contributed by atoms with Crippen LogP contribution in [0.4, 0.5) is 13.2 Å². The summed E-state index contributed by atoms with van der Waals surface area (Å²) in [6.45, 7) is 0. The van der Waals surface area contributed by atoms with E-state index in [0.717, 1.165) is 10.0 Å². The number of rotatable bonds is 2. The minimum Gasteiger partial charge on any atom is -0.475 e. The normalized spacial score (nSPS) is 10.7. The van der Waals surface area contributed by atoms with Crippen molar-refractivity contribution >= 4 is 21.9 Å². The number of hydrogen-bond donors (Lipinski definition) is 1. The molecule has 6 nitrogen and oxygen atoms in total. The fraction of sp³-hybridized carbons (Fsp3) is 0.0667. The molecule has 0 unspecified atom stereocenters. The number of aromatic nitrogens is 3. The van der Waals surface area contributed by atoms with E-state index in [1.165, 1.54) is 0 Å². The van der Waals surface area contributed by atoms with Crippen molar-refractivity contribution in [3.05, 3.63) is 53.1 Å². The van der Waals surface area contributed by atoms with Gasteiger partial charge in [0.25, 0.3) is 5.89 Å². The number of carboxylic acids is 1. The predicted octanol–water partition coefficient (Wildman–Crippen LogP) is 4.19. The third-order valence-electron chi connectivity index (χ3n) is 2.63. The standard InChI is InChI=1S/C13H8BrN3O.C2HF3O2/c14-10-5-3-4-9(8-10)13-16-12(17-18-13)11-6-1-2-7-15-11;3-2(4,5)1(6)7/h1-8H;(H,6,7). The van der Waals surface area contributed by atoms with Gasteiger partial charge in [-0.05, 0) is 30.3 Å². The van der Waals surface area contributed by atoms with Crippen LogP contribution in [0.1, 0.15) is 0 Å². The molecule has 0 amide bonds. The molecule has 1 N–H and O–H groups in total. The third-order valence-corrected chi connectivity index (χ3v) is 3.13. The molecule has 0 saturated heterocycles. The quantitative estimate of drug-likeness (QED) is 0.674. The van der Waals surface area contributed by atoms with Crippen molar-refractivity contribution in [1.82, 2.24) is 15.1 Å². The van der Waals surface area contributed by atoms with E-state index in [1.54, 1.807) is 6.20 Å². The van der Waals surface area contributed by atoms with E-state index in [9.17, 15) is 13.2 Å². The lowest BCUT2D eigenvalue weighted by molar-refractivity contribution is -0.192. The van der Waals surface area contributed by atoms with Gasteiger partial charge in [-0.1, -0.05) is 33.2 Å². The number of nitrogens with zero attached hydrogens (tertiary/aromatic N) is 3. The highest BCUT2D eigenvalue weighted by Gasteiger charge is 2.38. The van der Waals surface area contributed by atoms with Crippen molar-refractivity contribution < 1.29 is 27.6 Å². The Morgan fingerprint density at radius 1 is 1.16 bits per heavy atom. The summed E-state index contributed by atoms with van der Waals surface area (Å²) in [6.07, 6.45) is -3.38. The number of aliphatic carboxylic acids is 1. The van der Waals surface area contributed by atoms with Crippen LogP contribution in [0, 0.1) is 0 Å². The Morgan fingerprint density at radius 2 is 1.88 bits per heavy atom. The molecule has 0 atom stereocenters.